The van der Waals surface area contributed by atoms with Gasteiger partial charge in [-0.15, -0.1) is 0 Å². The van der Waals surface area contributed by atoms with E-state index in [0.717, 1.165) is 12.0 Å². The number of rotatable bonds is 7. The number of benzene rings is 1. The van der Waals surface area contributed by atoms with Crippen LogP contribution in [-0.4, -0.2) is 26.8 Å². The Balaban J connectivity index is 2.18. The van der Waals surface area contributed by atoms with Crippen LogP contribution in [0.4, 0.5) is 17.3 Å². The van der Waals surface area contributed by atoms with Crippen LogP contribution >= 0.6 is 0 Å². The van der Waals surface area contributed by atoms with Crippen molar-refractivity contribution in [2.24, 2.45) is 0 Å². The zero-order valence-corrected chi connectivity index (χ0v) is 14.2. The van der Waals surface area contributed by atoms with Gasteiger partial charge in [-0.25, -0.2) is 9.97 Å². The minimum Gasteiger partial charge on any atom is -0.362 e. The van der Waals surface area contributed by atoms with E-state index in [1.54, 1.807) is 24.3 Å². The molecule has 0 saturated heterocycles. The molecule has 2 rings (SSSR count). The molecule has 0 spiro atoms. The van der Waals surface area contributed by atoms with Crippen molar-refractivity contribution in [3.63, 3.8) is 0 Å². The molecule has 0 aliphatic heterocycles. The van der Waals surface area contributed by atoms with Gasteiger partial charge in [0.05, 0.1) is 4.92 Å². The van der Waals surface area contributed by atoms with E-state index >= 15 is 0 Å². The van der Waals surface area contributed by atoms with Gasteiger partial charge in [0, 0.05) is 11.6 Å². The summed E-state index contributed by atoms with van der Waals surface area (Å²) in [7, 11) is 0. The Morgan fingerprint density at radius 1 is 1.24 bits per heavy atom. The van der Waals surface area contributed by atoms with Gasteiger partial charge in [-0.1, -0.05) is 24.6 Å². The van der Waals surface area contributed by atoms with Crippen molar-refractivity contribution < 1.29 is 9.72 Å². The van der Waals surface area contributed by atoms with Gasteiger partial charge >= 0.3 is 5.69 Å². The first-order chi connectivity index (χ1) is 11.9. The second-order valence-electron chi connectivity index (χ2n) is 5.58. The molecular formula is C16H20N6O3. The number of nitro groups is 1. The first-order valence-corrected chi connectivity index (χ1v) is 7.81. The lowest BCUT2D eigenvalue weighted by atomic mass is 10.1. The number of carbonyl (C=O) groups excluding carboxylic acids is 1. The zero-order valence-electron chi connectivity index (χ0n) is 14.2. The van der Waals surface area contributed by atoms with Crippen LogP contribution in [0, 0.1) is 17.0 Å². The molecule has 1 heterocycles. The van der Waals surface area contributed by atoms with Gasteiger partial charge in [-0.05, 0) is 32.4 Å². The lowest BCUT2D eigenvalue weighted by molar-refractivity contribution is -0.383. The quantitative estimate of drug-likeness (QED) is 0.521. The van der Waals surface area contributed by atoms with Crippen molar-refractivity contribution in [3.05, 3.63) is 51.8 Å². The highest BCUT2D eigenvalue weighted by molar-refractivity contribution is 5.95. The lowest BCUT2D eigenvalue weighted by Crippen LogP contribution is -2.30. The monoisotopic (exact) mass is 344 g/mol. The van der Waals surface area contributed by atoms with Gasteiger partial charge < -0.3 is 5.32 Å². The molecule has 132 valence electrons. The van der Waals surface area contributed by atoms with E-state index in [9.17, 15) is 14.9 Å². The molecule has 0 bridgehead atoms. The van der Waals surface area contributed by atoms with Crippen LogP contribution in [0.15, 0.2) is 30.6 Å². The maximum absolute atomic E-state index is 12.1. The average Bonchev–Trinajstić information content (AvgIpc) is 2.59. The van der Waals surface area contributed by atoms with Crippen molar-refractivity contribution in [3.8, 4) is 0 Å². The number of hydrogen-bond acceptors (Lipinski definition) is 7. The number of hydrazine groups is 1. The number of carbonyl (C=O) groups is 1. The van der Waals surface area contributed by atoms with Gasteiger partial charge in [-0.2, -0.15) is 0 Å². The van der Waals surface area contributed by atoms with Crippen molar-refractivity contribution in [1.29, 1.82) is 0 Å². The molecule has 1 unspecified atom stereocenters. The normalized spacial score (nSPS) is 11.5. The van der Waals surface area contributed by atoms with Crippen LogP contribution in [0.5, 0.6) is 0 Å². The Morgan fingerprint density at radius 3 is 2.48 bits per heavy atom. The van der Waals surface area contributed by atoms with Gasteiger partial charge in [-0.3, -0.25) is 25.8 Å². The third kappa shape index (κ3) is 4.63. The summed E-state index contributed by atoms with van der Waals surface area (Å²) in [6, 6.07) is 6.93. The highest BCUT2D eigenvalue weighted by Crippen LogP contribution is 2.29. The summed E-state index contributed by atoms with van der Waals surface area (Å²) in [5.74, 6) is -0.419. The van der Waals surface area contributed by atoms with Crippen LogP contribution in [0.3, 0.4) is 0 Å². The summed E-state index contributed by atoms with van der Waals surface area (Å²) in [5, 5.41) is 14.4. The minimum absolute atomic E-state index is 0.00333. The summed E-state index contributed by atoms with van der Waals surface area (Å²) in [6.07, 6.45) is 1.96. The van der Waals surface area contributed by atoms with E-state index in [4.69, 9.17) is 0 Å². The topological polar surface area (TPSA) is 122 Å². The second kappa shape index (κ2) is 8.04. The number of anilines is 2. The fourth-order valence-corrected chi connectivity index (χ4v) is 1.98. The molecule has 0 saturated carbocycles. The molecule has 0 aliphatic rings. The predicted molar refractivity (Wildman–Crippen MR) is 94.3 cm³/mol. The Hall–Kier alpha value is -3.23. The Kier molecular flexibility index (Phi) is 5.83. The van der Waals surface area contributed by atoms with E-state index in [-0.39, 0.29) is 23.4 Å². The number of nitrogens with zero attached hydrogens (tertiary/aromatic N) is 3. The van der Waals surface area contributed by atoms with E-state index in [2.05, 4.69) is 26.1 Å². The van der Waals surface area contributed by atoms with E-state index in [1.807, 2.05) is 20.8 Å². The Bertz CT molecular complexity index is 763. The van der Waals surface area contributed by atoms with Crippen molar-refractivity contribution in [1.82, 2.24) is 15.4 Å². The summed E-state index contributed by atoms with van der Waals surface area (Å²) >= 11 is 0. The highest BCUT2D eigenvalue weighted by Gasteiger charge is 2.24. The van der Waals surface area contributed by atoms with Crippen molar-refractivity contribution >= 4 is 23.2 Å². The summed E-state index contributed by atoms with van der Waals surface area (Å²) in [6.45, 7) is 5.75. The highest BCUT2D eigenvalue weighted by atomic mass is 16.6. The number of aromatic nitrogens is 2. The molecule has 1 aromatic heterocycles. The number of aryl methyl sites for hydroxylation is 1. The second-order valence-corrected chi connectivity index (χ2v) is 5.58. The fourth-order valence-electron chi connectivity index (χ4n) is 1.98. The third-order valence-electron chi connectivity index (χ3n) is 3.61. The van der Waals surface area contributed by atoms with Crippen LogP contribution in [0.2, 0.25) is 0 Å². The number of amides is 1. The van der Waals surface area contributed by atoms with E-state index in [0.29, 0.717) is 5.56 Å². The van der Waals surface area contributed by atoms with Gasteiger partial charge in [0.1, 0.15) is 6.33 Å². The summed E-state index contributed by atoms with van der Waals surface area (Å²) < 4.78 is 0. The van der Waals surface area contributed by atoms with Crippen molar-refractivity contribution in [2.75, 3.05) is 10.7 Å². The van der Waals surface area contributed by atoms with Gasteiger partial charge in [0.2, 0.25) is 11.6 Å². The molecule has 0 fully saturated rings. The van der Waals surface area contributed by atoms with Crippen LogP contribution in [0.1, 0.15) is 36.2 Å². The van der Waals surface area contributed by atoms with Crippen molar-refractivity contribution in [2.45, 2.75) is 33.2 Å². The molecule has 0 aliphatic carbocycles. The average molecular weight is 344 g/mol. The maximum atomic E-state index is 12.1. The molecule has 1 atom stereocenters. The van der Waals surface area contributed by atoms with Crippen LogP contribution in [0.25, 0.3) is 0 Å². The van der Waals surface area contributed by atoms with E-state index < -0.39 is 10.8 Å². The Morgan fingerprint density at radius 2 is 1.88 bits per heavy atom. The Labute approximate surface area is 145 Å². The molecule has 3 N–H and O–H groups in total. The van der Waals surface area contributed by atoms with Crippen LogP contribution in [-0.2, 0) is 0 Å². The predicted octanol–water partition coefficient (Wildman–Crippen LogP) is 2.66. The third-order valence-corrected chi connectivity index (χ3v) is 3.61. The molecular weight excluding hydrogens is 324 g/mol. The smallest absolute Gasteiger partial charge is 0.354 e. The lowest BCUT2D eigenvalue weighted by Gasteiger charge is -2.14. The first kappa shape index (κ1) is 18.1. The summed E-state index contributed by atoms with van der Waals surface area (Å²) in [5.41, 5.74) is 6.04. The molecule has 0 radical (unpaired) electrons. The SMILES string of the molecule is CCC(C)Nc1ncnc(NNC(=O)c2ccc(C)cc2)c1[N+](=O)[O-]. The summed E-state index contributed by atoms with van der Waals surface area (Å²) in [4.78, 5) is 30.7. The maximum Gasteiger partial charge on any atom is 0.354 e. The standard InChI is InChI=1S/C16H20N6O3/c1-4-11(3)19-14-13(22(24)25)15(18-9-17-14)20-21-16(23)12-7-5-10(2)6-8-12/h5-9,11H,4H2,1-3H3,(H,21,23)(H2,17,18,19,20). The molecule has 2 aromatic rings. The number of nitrogens with one attached hydrogen (secondary N) is 3. The zero-order chi connectivity index (χ0) is 18.4. The van der Waals surface area contributed by atoms with Crippen LogP contribution < -0.4 is 16.2 Å². The minimum atomic E-state index is -0.592. The number of hydrogen-bond donors (Lipinski definition) is 3. The molecule has 1 aromatic carbocycles. The van der Waals surface area contributed by atoms with Gasteiger partial charge in [0.25, 0.3) is 5.91 Å². The first-order valence-electron chi connectivity index (χ1n) is 7.81. The molecule has 25 heavy (non-hydrogen) atoms. The molecule has 9 heteroatoms. The molecule has 9 nitrogen and oxygen atoms in total. The molecule has 1 amide bonds. The van der Waals surface area contributed by atoms with E-state index in [1.165, 1.54) is 6.33 Å². The largest absolute Gasteiger partial charge is 0.362 e. The van der Waals surface area contributed by atoms with Gasteiger partial charge in [0.15, 0.2) is 0 Å². The fraction of sp³-hybridized carbons (Fsp3) is 0.312.